The first kappa shape index (κ1) is 14.6. The quantitative estimate of drug-likeness (QED) is 0.786. The smallest absolute Gasteiger partial charge is 0.251 e. The lowest BCUT2D eigenvalue weighted by Gasteiger charge is -2.07. The first-order valence-corrected chi connectivity index (χ1v) is 7.71. The van der Waals surface area contributed by atoms with Gasteiger partial charge in [-0.15, -0.1) is 11.3 Å². The Bertz CT molecular complexity index is 520. The van der Waals surface area contributed by atoms with Crippen molar-refractivity contribution in [2.75, 3.05) is 6.61 Å². The molecule has 0 aliphatic rings. The van der Waals surface area contributed by atoms with Crippen molar-refractivity contribution in [1.29, 1.82) is 0 Å². The molecule has 3 nitrogen and oxygen atoms in total. The lowest BCUT2D eigenvalue weighted by atomic mass is 10.2. The monoisotopic (exact) mass is 289 g/mol. The van der Waals surface area contributed by atoms with Gasteiger partial charge in [0, 0.05) is 10.4 Å². The summed E-state index contributed by atoms with van der Waals surface area (Å²) in [6, 6.07) is 11.3. The van der Waals surface area contributed by atoms with Crippen LogP contribution in [0.3, 0.4) is 0 Å². The summed E-state index contributed by atoms with van der Waals surface area (Å²) in [4.78, 5) is 13.1. The zero-order chi connectivity index (χ0) is 14.2. The first-order valence-electron chi connectivity index (χ1n) is 6.83. The zero-order valence-electron chi connectivity index (χ0n) is 11.6. The fourth-order valence-corrected chi connectivity index (χ4v) is 2.36. The van der Waals surface area contributed by atoms with E-state index in [-0.39, 0.29) is 5.91 Å². The van der Waals surface area contributed by atoms with Crippen molar-refractivity contribution >= 4 is 17.2 Å². The Balaban J connectivity index is 1.84. The maximum atomic E-state index is 12.0. The van der Waals surface area contributed by atoms with Gasteiger partial charge >= 0.3 is 0 Å². The minimum atomic E-state index is -0.0569. The summed E-state index contributed by atoms with van der Waals surface area (Å²) in [5.41, 5.74) is 0.657. The van der Waals surface area contributed by atoms with E-state index in [1.807, 2.05) is 29.6 Å². The lowest BCUT2D eigenvalue weighted by Crippen LogP contribution is -2.22. The number of carbonyl (C=O) groups excluding carboxylic acids is 1. The Morgan fingerprint density at radius 1 is 1.25 bits per heavy atom. The molecule has 1 aromatic heterocycles. The van der Waals surface area contributed by atoms with Crippen molar-refractivity contribution < 1.29 is 9.53 Å². The topological polar surface area (TPSA) is 38.3 Å². The van der Waals surface area contributed by atoms with Crippen LogP contribution < -0.4 is 10.1 Å². The fraction of sp³-hybridized carbons (Fsp3) is 0.312. The number of ether oxygens (including phenoxy) is 1. The normalized spacial score (nSPS) is 10.2. The maximum Gasteiger partial charge on any atom is 0.251 e. The Morgan fingerprint density at radius 3 is 2.70 bits per heavy atom. The third-order valence-corrected chi connectivity index (χ3v) is 3.76. The average Bonchev–Trinajstić information content (AvgIpc) is 2.99. The van der Waals surface area contributed by atoms with Crippen molar-refractivity contribution in [3.05, 3.63) is 52.2 Å². The number of unbranched alkanes of at least 4 members (excludes halogenated alkanes) is 1. The average molecular weight is 289 g/mol. The van der Waals surface area contributed by atoms with Gasteiger partial charge in [0.05, 0.1) is 13.2 Å². The van der Waals surface area contributed by atoms with E-state index in [0.717, 1.165) is 30.1 Å². The van der Waals surface area contributed by atoms with Crippen molar-refractivity contribution in [2.24, 2.45) is 0 Å². The number of nitrogens with one attached hydrogen (secondary N) is 1. The highest BCUT2D eigenvalue weighted by molar-refractivity contribution is 7.09. The second kappa shape index (κ2) is 7.70. The minimum absolute atomic E-state index is 0.0569. The Hall–Kier alpha value is -1.81. The highest BCUT2D eigenvalue weighted by atomic mass is 32.1. The van der Waals surface area contributed by atoms with Crippen LogP contribution in [0.5, 0.6) is 5.75 Å². The predicted molar refractivity (Wildman–Crippen MR) is 82.3 cm³/mol. The minimum Gasteiger partial charge on any atom is -0.494 e. The number of benzene rings is 1. The molecule has 20 heavy (non-hydrogen) atoms. The fourth-order valence-electron chi connectivity index (χ4n) is 1.72. The van der Waals surface area contributed by atoms with Crippen molar-refractivity contribution in [2.45, 2.75) is 26.3 Å². The van der Waals surface area contributed by atoms with E-state index < -0.39 is 0 Å². The van der Waals surface area contributed by atoms with E-state index in [0.29, 0.717) is 12.1 Å². The van der Waals surface area contributed by atoms with Crippen molar-refractivity contribution in [3.8, 4) is 5.75 Å². The molecule has 1 N–H and O–H groups in total. The molecule has 0 aliphatic heterocycles. The molecular formula is C16H19NO2S. The van der Waals surface area contributed by atoms with Crippen LogP contribution in [0, 0.1) is 0 Å². The predicted octanol–water partition coefficient (Wildman–Crippen LogP) is 3.86. The molecule has 0 spiro atoms. The number of hydrogen-bond donors (Lipinski definition) is 1. The van der Waals surface area contributed by atoms with Crippen LogP contribution in [0.15, 0.2) is 41.8 Å². The van der Waals surface area contributed by atoms with Gasteiger partial charge in [-0.25, -0.2) is 0 Å². The van der Waals surface area contributed by atoms with Crippen LogP contribution in [0.4, 0.5) is 0 Å². The van der Waals surface area contributed by atoms with E-state index in [2.05, 4.69) is 12.2 Å². The molecule has 1 amide bonds. The number of amides is 1. The molecule has 1 aromatic carbocycles. The Labute approximate surface area is 123 Å². The Morgan fingerprint density at radius 2 is 2.05 bits per heavy atom. The first-order chi connectivity index (χ1) is 9.79. The summed E-state index contributed by atoms with van der Waals surface area (Å²) in [5, 5.41) is 4.91. The largest absolute Gasteiger partial charge is 0.494 e. The summed E-state index contributed by atoms with van der Waals surface area (Å²) in [6.45, 7) is 3.43. The molecule has 4 heteroatoms. The number of carbonyl (C=O) groups is 1. The maximum absolute atomic E-state index is 12.0. The van der Waals surface area contributed by atoms with Crippen molar-refractivity contribution in [3.63, 3.8) is 0 Å². The van der Waals surface area contributed by atoms with E-state index in [9.17, 15) is 4.79 Å². The van der Waals surface area contributed by atoms with Gasteiger partial charge in [0.1, 0.15) is 5.75 Å². The number of thiophene rings is 1. The molecule has 0 aliphatic carbocycles. The van der Waals surface area contributed by atoms with E-state index in [4.69, 9.17) is 4.74 Å². The third kappa shape index (κ3) is 4.38. The molecule has 0 radical (unpaired) electrons. The molecule has 0 saturated heterocycles. The molecule has 106 valence electrons. The van der Waals surface area contributed by atoms with Crippen LogP contribution in [-0.4, -0.2) is 12.5 Å². The second-order valence-electron chi connectivity index (χ2n) is 4.49. The van der Waals surface area contributed by atoms with Crippen LogP contribution in [0.2, 0.25) is 0 Å². The second-order valence-corrected chi connectivity index (χ2v) is 5.52. The molecule has 0 saturated carbocycles. The van der Waals surface area contributed by atoms with Gasteiger partial charge in [0.2, 0.25) is 0 Å². The highest BCUT2D eigenvalue weighted by Crippen LogP contribution is 2.13. The molecule has 0 unspecified atom stereocenters. The molecule has 2 rings (SSSR count). The molecule has 0 atom stereocenters. The van der Waals surface area contributed by atoms with Crippen LogP contribution in [-0.2, 0) is 6.54 Å². The third-order valence-electron chi connectivity index (χ3n) is 2.89. The van der Waals surface area contributed by atoms with E-state index >= 15 is 0 Å². The van der Waals surface area contributed by atoms with Crippen LogP contribution in [0.1, 0.15) is 35.0 Å². The van der Waals surface area contributed by atoms with Crippen LogP contribution in [0.25, 0.3) is 0 Å². The summed E-state index contributed by atoms with van der Waals surface area (Å²) in [5.74, 6) is 0.756. The summed E-state index contributed by atoms with van der Waals surface area (Å²) >= 11 is 1.64. The summed E-state index contributed by atoms with van der Waals surface area (Å²) < 4.78 is 5.57. The summed E-state index contributed by atoms with van der Waals surface area (Å²) in [6.07, 6.45) is 2.16. The van der Waals surface area contributed by atoms with Gasteiger partial charge in [-0.3, -0.25) is 4.79 Å². The van der Waals surface area contributed by atoms with Crippen LogP contribution >= 0.6 is 11.3 Å². The van der Waals surface area contributed by atoms with Gasteiger partial charge < -0.3 is 10.1 Å². The molecule has 0 fully saturated rings. The lowest BCUT2D eigenvalue weighted by molar-refractivity contribution is 0.0951. The van der Waals surface area contributed by atoms with Gasteiger partial charge in [0.15, 0.2) is 0 Å². The van der Waals surface area contributed by atoms with Gasteiger partial charge in [-0.2, -0.15) is 0 Å². The Kier molecular flexibility index (Phi) is 5.62. The molecule has 2 aromatic rings. The highest BCUT2D eigenvalue weighted by Gasteiger charge is 2.05. The molecular weight excluding hydrogens is 270 g/mol. The summed E-state index contributed by atoms with van der Waals surface area (Å²) in [7, 11) is 0. The molecule has 0 bridgehead atoms. The standard InChI is InChI=1S/C16H19NO2S/c1-2-3-10-19-14-8-6-13(7-9-14)16(18)17-12-15-5-4-11-20-15/h4-9,11H,2-3,10,12H2,1H3,(H,17,18). The van der Waals surface area contributed by atoms with E-state index in [1.165, 1.54) is 0 Å². The van der Waals surface area contributed by atoms with E-state index in [1.54, 1.807) is 23.5 Å². The number of hydrogen-bond acceptors (Lipinski definition) is 3. The van der Waals surface area contributed by atoms with Gasteiger partial charge in [-0.05, 0) is 42.1 Å². The SMILES string of the molecule is CCCCOc1ccc(C(=O)NCc2cccs2)cc1. The number of rotatable bonds is 7. The molecule has 1 heterocycles. The zero-order valence-corrected chi connectivity index (χ0v) is 12.4. The van der Waals surface area contributed by atoms with Crippen molar-refractivity contribution in [1.82, 2.24) is 5.32 Å². The van der Waals surface area contributed by atoms with Gasteiger partial charge in [-0.1, -0.05) is 19.4 Å². The van der Waals surface area contributed by atoms with Gasteiger partial charge in [0.25, 0.3) is 5.91 Å².